The molecular formula is C23H19BBrN. The molecule has 1 nitrogen and oxygen atoms in total. The molecule has 0 aliphatic carbocycles. The zero-order chi connectivity index (χ0) is 18.0. The Balaban J connectivity index is 0.000000236. The summed E-state index contributed by atoms with van der Waals surface area (Å²) in [7, 11) is 0. The molecule has 0 radical (unpaired) electrons. The summed E-state index contributed by atoms with van der Waals surface area (Å²) in [6.07, 6.45) is 3.49. The molecule has 0 aliphatic rings. The van der Waals surface area contributed by atoms with Crippen LogP contribution in [0.15, 0.2) is 120 Å². The lowest BCUT2D eigenvalue weighted by atomic mass is 9.37. The summed E-state index contributed by atoms with van der Waals surface area (Å²) >= 11 is 3.25. The van der Waals surface area contributed by atoms with Gasteiger partial charge in [0.2, 0.25) is 6.71 Å². The third-order valence-electron chi connectivity index (χ3n) is 4.02. The number of hydrogen-bond acceptors (Lipinski definition) is 1. The second kappa shape index (κ2) is 9.74. The molecule has 0 amide bonds. The highest BCUT2D eigenvalue weighted by Gasteiger charge is 2.20. The van der Waals surface area contributed by atoms with Crippen molar-refractivity contribution < 1.29 is 0 Å². The Kier molecular flexibility index (Phi) is 6.80. The molecule has 0 bridgehead atoms. The molecule has 26 heavy (non-hydrogen) atoms. The Bertz CT molecular complexity index is 790. The summed E-state index contributed by atoms with van der Waals surface area (Å²) < 4.78 is 1.02. The first-order valence-corrected chi connectivity index (χ1v) is 9.34. The predicted octanol–water partition coefficient (Wildman–Crippen LogP) is 4.05. The Labute approximate surface area is 164 Å². The van der Waals surface area contributed by atoms with Crippen molar-refractivity contribution in [3.05, 3.63) is 120 Å². The van der Waals surface area contributed by atoms with Crippen molar-refractivity contribution in [3.63, 3.8) is 0 Å². The Morgan fingerprint density at radius 3 is 1.23 bits per heavy atom. The minimum Gasteiger partial charge on any atom is -0.264 e. The zero-order valence-electron chi connectivity index (χ0n) is 14.4. The standard InChI is InChI=1S/C18H15B.C5H4BrN/c1-4-10-16(11-5-1)19(17-12-6-2-7-13-17)18-14-8-3-9-15-18;6-5-2-1-3-7-4-5/h1-15H;1-4H. The van der Waals surface area contributed by atoms with E-state index in [1.807, 2.05) is 12.1 Å². The highest BCUT2D eigenvalue weighted by Crippen LogP contribution is 2.03. The van der Waals surface area contributed by atoms with Crippen LogP contribution in [0.1, 0.15) is 0 Å². The lowest BCUT2D eigenvalue weighted by Crippen LogP contribution is -2.51. The average molecular weight is 400 g/mol. The Hall–Kier alpha value is -2.65. The molecule has 0 fully saturated rings. The molecule has 0 unspecified atom stereocenters. The van der Waals surface area contributed by atoms with Crippen LogP contribution in [0.2, 0.25) is 0 Å². The van der Waals surface area contributed by atoms with Crippen molar-refractivity contribution in [1.82, 2.24) is 4.98 Å². The minimum absolute atomic E-state index is 0.309. The van der Waals surface area contributed by atoms with Crippen molar-refractivity contribution in [2.45, 2.75) is 0 Å². The Morgan fingerprint density at radius 2 is 0.962 bits per heavy atom. The summed E-state index contributed by atoms with van der Waals surface area (Å²) in [5.41, 5.74) is 4.00. The van der Waals surface area contributed by atoms with E-state index in [1.54, 1.807) is 12.4 Å². The molecule has 0 saturated carbocycles. The summed E-state index contributed by atoms with van der Waals surface area (Å²) in [6, 6.07) is 35.8. The molecule has 1 aromatic heterocycles. The third kappa shape index (κ3) is 5.17. The van der Waals surface area contributed by atoms with Gasteiger partial charge in [0.1, 0.15) is 0 Å². The number of rotatable bonds is 3. The van der Waals surface area contributed by atoms with E-state index in [0.29, 0.717) is 6.71 Å². The molecule has 3 aromatic carbocycles. The molecule has 0 N–H and O–H groups in total. The largest absolute Gasteiger partial charge is 0.264 e. The Morgan fingerprint density at radius 1 is 0.538 bits per heavy atom. The first-order valence-electron chi connectivity index (χ1n) is 8.55. The average Bonchev–Trinajstić information content (AvgIpc) is 2.72. The second-order valence-corrected chi connectivity index (χ2v) is 6.75. The normalized spacial score (nSPS) is 9.73. The van der Waals surface area contributed by atoms with Gasteiger partial charge in [-0.05, 0) is 28.1 Å². The first kappa shape index (κ1) is 18.2. The van der Waals surface area contributed by atoms with E-state index in [4.69, 9.17) is 0 Å². The molecule has 3 heteroatoms. The fourth-order valence-corrected chi connectivity index (χ4v) is 3.13. The maximum absolute atomic E-state index is 3.84. The van der Waals surface area contributed by atoms with Gasteiger partial charge in [-0.3, -0.25) is 4.98 Å². The summed E-state index contributed by atoms with van der Waals surface area (Å²) in [6.45, 7) is 0.309. The van der Waals surface area contributed by atoms with Crippen LogP contribution in [0.5, 0.6) is 0 Å². The first-order chi connectivity index (χ1) is 12.8. The van der Waals surface area contributed by atoms with Crippen LogP contribution in [-0.4, -0.2) is 11.7 Å². The van der Waals surface area contributed by atoms with Gasteiger partial charge in [0.25, 0.3) is 0 Å². The van der Waals surface area contributed by atoms with Gasteiger partial charge >= 0.3 is 0 Å². The zero-order valence-corrected chi connectivity index (χ0v) is 16.0. The van der Waals surface area contributed by atoms with E-state index in [-0.39, 0.29) is 0 Å². The quantitative estimate of drug-likeness (QED) is 0.473. The number of aromatic nitrogens is 1. The number of nitrogens with zero attached hydrogens (tertiary/aromatic N) is 1. The molecule has 0 atom stereocenters. The van der Waals surface area contributed by atoms with Crippen molar-refractivity contribution in [2.75, 3.05) is 0 Å². The minimum atomic E-state index is 0.309. The number of pyridine rings is 1. The molecule has 0 aliphatic heterocycles. The monoisotopic (exact) mass is 399 g/mol. The van der Waals surface area contributed by atoms with Crippen molar-refractivity contribution in [3.8, 4) is 0 Å². The van der Waals surface area contributed by atoms with E-state index >= 15 is 0 Å². The third-order valence-corrected chi connectivity index (χ3v) is 4.49. The van der Waals surface area contributed by atoms with Gasteiger partial charge < -0.3 is 0 Å². The van der Waals surface area contributed by atoms with Gasteiger partial charge in [0.05, 0.1) is 0 Å². The van der Waals surface area contributed by atoms with E-state index < -0.39 is 0 Å². The van der Waals surface area contributed by atoms with Gasteiger partial charge in [-0.15, -0.1) is 0 Å². The maximum Gasteiger partial charge on any atom is 0.241 e. The van der Waals surface area contributed by atoms with E-state index in [1.165, 1.54) is 16.4 Å². The highest BCUT2D eigenvalue weighted by molar-refractivity contribution is 9.10. The molecule has 4 aromatic rings. The van der Waals surface area contributed by atoms with Crippen molar-refractivity contribution >= 4 is 39.0 Å². The molecular weight excluding hydrogens is 381 g/mol. The summed E-state index contributed by atoms with van der Waals surface area (Å²) in [4.78, 5) is 3.84. The van der Waals surface area contributed by atoms with Gasteiger partial charge in [-0.1, -0.05) is 107 Å². The van der Waals surface area contributed by atoms with E-state index in [9.17, 15) is 0 Å². The molecule has 1 heterocycles. The summed E-state index contributed by atoms with van der Waals surface area (Å²) in [5.74, 6) is 0. The number of hydrogen-bond donors (Lipinski definition) is 0. The second-order valence-electron chi connectivity index (χ2n) is 5.84. The lowest BCUT2D eigenvalue weighted by molar-refractivity contribution is 1.31. The van der Waals surface area contributed by atoms with Gasteiger partial charge in [0, 0.05) is 16.9 Å². The molecule has 0 saturated heterocycles. The van der Waals surface area contributed by atoms with Crippen LogP contribution in [0, 0.1) is 0 Å². The van der Waals surface area contributed by atoms with E-state index in [0.717, 1.165) is 4.47 Å². The van der Waals surface area contributed by atoms with Crippen molar-refractivity contribution in [2.24, 2.45) is 0 Å². The lowest BCUT2D eigenvalue weighted by Gasteiger charge is -2.15. The SMILES string of the molecule is Brc1cccnc1.c1ccc(B(c2ccccc2)c2ccccc2)cc1. The fourth-order valence-electron chi connectivity index (χ4n) is 2.86. The number of halogens is 1. The van der Waals surface area contributed by atoms with Gasteiger partial charge in [-0.2, -0.15) is 0 Å². The highest BCUT2D eigenvalue weighted by atomic mass is 79.9. The van der Waals surface area contributed by atoms with Crippen LogP contribution >= 0.6 is 15.9 Å². The van der Waals surface area contributed by atoms with Crippen molar-refractivity contribution in [1.29, 1.82) is 0 Å². The van der Waals surface area contributed by atoms with E-state index in [2.05, 4.69) is 112 Å². The fraction of sp³-hybridized carbons (Fsp3) is 0. The van der Waals surface area contributed by atoms with Crippen LogP contribution in [0.3, 0.4) is 0 Å². The topological polar surface area (TPSA) is 12.9 Å². The van der Waals surface area contributed by atoms with Crippen LogP contribution < -0.4 is 16.4 Å². The van der Waals surface area contributed by atoms with Crippen LogP contribution in [0.25, 0.3) is 0 Å². The van der Waals surface area contributed by atoms with Crippen LogP contribution in [-0.2, 0) is 0 Å². The number of benzene rings is 3. The smallest absolute Gasteiger partial charge is 0.241 e. The van der Waals surface area contributed by atoms with Gasteiger partial charge in [-0.25, -0.2) is 0 Å². The van der Waals surface area contributed by atoms with Crippen LogP contribution in [0.4, 0.5) is 0 Å². The van der Waals surface area contributed by atoms with Gasteiger partial charge in [0.15, 0.2) is 0 Å². The molecule has 0 spiro atoms. The summed E-state index contributed by atoms with van der Waals surface area (Å²) in [5, 5.41) is 0. The maximum atomic E-state index is 3.84. The molecule has 4 rings (SSSR count). The predicted molar refractivity (Wildman–Crippen MR) is 116 cm³/mol. The molecule has 126 valence electrons.